The van der Waals surface area contributed by atoms with Crippen molar-refractivity contribution in [3.05, 3.63) is 23.8 Å². The van der Waals surface area contributed by atoms with Crippen molar-refractivity contribution in [2.24, 2.45) is 10.9 Å². The summed E-state index contributed by atoms with van der Waals surface area (Å²) in [6, 6.07) is 5.93. The van der Waals surface area contributed by atoms with Crippen LogP contribution in [-0.4, -0.2) is 45.6 Å². The van der Waals surface area contributed by atoms with Gasteiger partial charge < -0.3 is 15.8 Å². The predicted octanol–water partition coefficient (Wildman–Crippen LogP) is 1.46. The largest absolute Gasteiger partial charge is 0.409 e. The topological polar surface area (TPSA) is 78.9 Å². The third kappa shape index (κ3) is 3.27. The summed E-state index contributed by atoms with van der Waals surface area (Å²) in [5.74, 6) is 2.38. The van der Waals surface area contributed by atoms with Crippen molar-refractivity contribution in [3.8, 4) is 0 Å². The standard InChI is InChI=1S/C13H19N3O2S2/c1-2-19-11-5-3-4-10(12(11)13(14)15-17)16-6-8-20(18)9-7-16/h3-5,17H,2,6-9H2,1H3,(H2,14,15). The van der Waals surface area contributed by atoms with Crippen LogP contribution in [0.25, 0.3) is 0 Å². The molecule has 1 aromatic carbocycles. The molecule has 0 aliphatic carbocycles. The maximum atomic E-state index is 11.5. The normalized spacial score (nSPS) is 17.4. The van der Waals surface area contributed by atoms with Crippen molar-refractivity contribution >= 4 is 34.1 Å². The highest BCUT2D eigenvalue weighted by Gasteiger charge is 2.21. The number of hydrogen-bond donors (Lipinski definition) is 2. The number of thioether (sulfide) groups is 1. The van der Waals surface area contributed by atoms with Gasteiger partial charge in [-0.3, -0.25) is 4.21 Å². The van der Waals surface area contributed by atoms with E-state index in [4.69, 9.17) is 10.9 Å². The Kier molecular flexibility index (Phi) is 5.31. The Bertz CT molecular complexity index is 524. The van der Waals surface area contributed by atoms with Gasteiger partial charge in [0, 0.05) is 46.0 Å². The van der Waals surface area contributed by atoms with Gasteiger partial charge in [-0.05, 0) is 17.9 Å². The fourth-order valence-electron chi connectivity index (χ4n) is 2.25. The highest BCUT2D eigenvalue weighted by Crippen LogP contribution is 2.31. The van der Waals surface area contributed by atoms with E-state index in [0.29, 0.717) is 11.5 Å². The summed E-state index contributed by atoms with van der Waals surface area (Å²) in [5, 5.41) is 12.2. The predicted molar refractivity (Wildman–Crippen MR) is 85.4 cm³/mol. The Morgan fingerprint density at radius 3 is 2.80 bits per heavy atom. The van der Waals surface area contributed by atoms with Crippen molar-refractivity contribution in [1.29, 1.82) is 0 Å². The van der Waals surface area contributed by atoms with Crippen LogP contribution in [0.5, 0.6) is 0 Å². The zero-order chi connectivity index (χ0) is 14.5. The average Bonchev–Trinajstić information content (AvgIpc) is 2.47. The summed E-state index contributed by atoms with van der Waals surface area (Å²) < 4.78 is 11.5. The van der Waals surface area contributed by atoms with Crippen molar-refractivity contribution in [1.82, 2.24) is 0 Å². The van der Waals surface area contributed by atoms with Gasteiger partial charge in [0.1, 0.15) is 0 Å². The first-order valence-electron chi connectivity index (χ1n) is 6.51. The SMILES string of the molecule is CCSc1cccc(N2CCS(=O)CC2)c1/C(N)=N/O. The molecule has 0 saturated carbocycles. The van der Waals surface area contributed by atoms with Gasteiger partial charge in [0.25, 0.3) is 0 Å². The summed E-state index contributed by atoms with van der Waals surface area (Å²) >= 11 is 1.67. The molecular weight excluding hydrogens is 294 g/mol. The maximum Gasteiger partial charge on any atom is 0.173 e. The molecule has 2 rings (SSSR count). The quantitative estimate of drug-likeness (QED) is 0.289. The Balaban J connectivity index is 2.41. The van der Waals surface area contributed by atoms with E-state index in [9.17, 15) is 4.21 Å². The molecule has 3 N–H and O–H groups in total. The van der Waals surface area contributed by atoms with Crippen LogP contribution in [0.15, 0.2) is 28.3 Å². The fraction of sp³-hybridized carbons (Fsp3) is 0.462. The molecule has 7 heteroatoms. The second-order valence-corrected chi connectivity index (χ2v) is 7.41. The number of benzene rings is 1. The number of nitrogens with two attached hydrogens (primary N) is 1. The van der Waals surface area contributed by atoms with Gasteiger partial charge in [-0.1, -0.05) is 18.1 Å². The highest BCUT2D eigenvalue weighted by atomic mass is 32.2. The molecule has 1 fully saturated rings. The third-order valence-corrected chi connectivity index (χ3v) is 5.40. The number of nitrogens with zero attached hydrogens (tertiary/aromatic N) is 2. The molecule has 1 heterocycles. The minimum absolute atomic E-state index is 0.128. The molecule has 1 saturated heterocycles. The molecule has 110 valence electrons. The second kappa shape index (κ2) is 6.99. The summed E-state index contributed by atoms with van der Waals surface area (Å²) in [4.78, 5) is 3.17. The van der Waals surface area contributed by atoms with Crippen LogP contribution in [0.3, 0.4) is 0 Å². The van der Waals surface area contributed by atoms with Crippen LogP contribution >= 0.6 is 11.8 Å². The van der Waals surface area contributed by atoms with Gasteiger partial charge in [0.2, 0.25) is 0 Å². The minimum atomic E-state index is -0.720. The van der Waals surface area contributed by atoms with E-state index in [1.165, 1.54) is 0 Å². The lowest BCUT2D eigenvalue weighted by Gasteiger charge is -2.30. The number of oxime groups is 1. The van der Waals surface area contributed by atoms with Crippen molar-refractivity contribution in [3.63, 3.8) is 0 Å². The van der Waals surface area contributed by atoms with Crippen LogP contribution in [-0.2, 0) is 10.8 Å². The second-order valence-electron chi connectivity index (χ2n) is 4.40. The van der Waals surface area contributed by atoms with E-state index in [0.717, 1.165) is 35.0 Å². The van der Waals surface area contributed by atoms with Gasteiger partial charge >= 0.3 is 0 Å². The number of anilines is 1. The Labute approximate surface area is 125 Å². The average molecular weight is 313 g/mol. The van der Waals surface area contributed by atoms with Crippen LogP contribution in [0.4, 0.5) is 5.69 Å². The van der Waals surface area contributed by atoms with Gasteiger partial charge in [-0.15, -0.1) is 11.8 Å². The van der Waals surface area contributed by atoms with E-state index in [1.807, 2.05) is 18.2 Å². The minimum Gasteiger partial charge on any atom is -0.409 e. The first-order chi connectivity index (χ1) is 9.67. The summed E-state index contributed by atoms with van der Waals surface area (Å²) in [6.45, 7) is 3.54. The first kappa shape index (κ1) is 15.2. The molecule has 0 bridgehead atoms. The van der Waals surface area contributed by atoms with Gasteiger partial charge in [-0.2, -0.15) is 0 Å². The van der Waals surface area contributed by atoms with Crippen molar-refractivity contribution in [2.45, 2.75) is 11.8 Å². The molecule has 0 aromatic heterocycles. The zero-order valence-corrected chi connectivity index (χ0v) is 13.0. The molecule has 0 radical (unpaired) electrons. The molecule has 1 aliphatic rings. The summed E-state index contributed by atoms with van der Waals surface area (Å²) in [5.41, 5.74) is 7.59. The van der Waals surface area contributed by atoms with E-state index >= 15 is 0 Å². The van der Waals surface area contributed by atoms with Crippen LogP contribution in [0.2, 0.25) is 0 Å². The van der Waals surface area contributed by atoms with Crippen molar-refractivity contribution in [2.75, 3.05) is 35.2 Å². The highest BCUT2D eigenvalue weighted by molar-refractivity contribution is 7.99. The Hall–Kier alpha value is -1.21. The summed E-state index contributed by atoms with van der Waals surface area (Å²) in [6.07, 6.45) is 0. The monoisotopic (exact) mass is 313 g/mol. The molecule has 20 heavy (non-hydrogen) atoms. The van der Waals surface area contributed by atoms with Gasteiger partial charge in [0.05, 0.1) is 5.56 Å². The lowest BCUT2D eigenvalue weighted by molar-refractivity contribution is 0.318. The molecule has 5 nitrogen and oxygen atoms in total. The van der Waals surface area contributed by atoms with E-state index in [1.54, 1.807) is 11.8 Å². The van der Waals surface area contributed by atoms with E-state index in [-0.39, 0.29) is 5.84 Å². The Morgan fingerprint density at radius 2 is 2.20 bits per heavy atom. The lowest BCUT2D eigenvalue weighted by Crippen LogP contribution is -2.39. The molecule has 0 atom stereocenters. The van der Waals surface area contributed by atoms with Crippen molar-refractivity contribution < 1.29 is 9.42 Å². The van der Waals surface area contributed by atoms with E-state index in [2.05, 4.69) is 17.0 Å². The van der Waals surface area contributed by atoms with Gasteiger partial charge in [0.15, 0.2) is 5.84 Å². The molecule has 1 aliphatic heterocycles. The molecule has 0 unspecified atom stereocenters. The summed E-state index contributed by atoms with van der Waals surface area (Å²) in [7, 11) is -0.720. The number of amidine groups is 1. The fourth-order valence-corrected chi connectivity index (χ4v) is 4.14. The van der Waals surface area contributed by atoms with Crippen LogP contribution in [0, 0.1) is 0 Å². The number of hydrogen-bond acceptors (Lipinski definition) is 5. The smallest absolute Gasteiger partial charge is 0.173 e. The lowest BCUT2D eigenvalue weighted by atomic mass is 10.1. The molecular formula is C13H19N3O2S2. The van der Waals surface area contributed by atoms with Crippen LogP contribution < -0.4 is 10.6 Å². The Morgan fingerprint density at radius 1 is 1.50 bits per heavy atom. The maximum absolute atomic E-state index is 11.5. The molecule has 0 amide bonds. The van der Waals surface area contributed by atoms with Gasteiger partial charge in [-0.25, -0.2) is 0 Å². The zero-order valence-electron chi connectivity index (χ0n) is 11.4. The first-order valence-corrected chi connectivity index (χ1v) is 8.98. The van der Waals surface area contributed by atoms with Crippen LogP contribution in [0.1, 0.15) is 12.5 Å². The third-order valence-electron chi connectivity index (χ3n) is 3.19. The number of rotatable bonds is 4. The van der Waals surface area contributed by atoms with E-state index < -0.39 is 10.8 Å². The molecule has 0 spiro atoms. The molecule has 1 aromatic rings.